The molecule has 1 atom stereocenters. The van der Waals surface area contributed by atoms with Crippen molar-refractivity contribution in [3.05, 3.63) is 18.5 Å². The van der Waals surface area contributed by atoms with Crippen LogP contribution in [0.15, 0.2) is 18.5 Å². The zero-order valence-corrected chi connectivity index (χ0v) is 9.94. The number of nitrogens with one attached hydrogen (secondary N) is 1. The lowest BCUT2D eigenvalue weighted by molar-refractivity contribution is 0.0821. The highest BCUT2D eigenvalue weighted by atomic mass is 16.5. The summed E-state index contributed by atoms with van der Waals surface area (Å²) in [5.74, 6) is 0. The number of ether oxygens (including phenoxy) is 1. The average molecular weight is 221 g/mol. The van der Waals surface area contributed by atoms with E-state index < -0.39 is 0 Å². The molecule has 1 aromatic rings. The molecule has 1 aliphatic rings. The van der Waals surface area contributed by atoms with E-state index in [0.29, 0.717) is 6.10 Å². The molecule has 0 radical (unpaired) electrons. The first-order valence-electron chi connectivity index (χ1n) is 5.79. The number of hydrogen-bond donors (Lipinski definition) is 1. The molecule has 1 aromatic heterocycles. The Bertz CT molecular complexity index is 343. The first kappa shape index (κ1) is 11.2. The van der Waals surface area contributed by atoms with Crippen LogP contribution in [0.1, 0.15) is 13.3 Å². The van der Waals surface area contributed by atoms with Gasteiger partial charge in [0.1, 0.15) is 0 Å². The van der Waals surface area contributed by atoms with Crippen LogP contribution in [-0.2, 0) is 4.74 Å². The molecule has 1 N–H and O–H groups in total. The van der Waals surface area contributed by atoms with E-state index in [-0.39, 0.29) is 0 Å². The maximum Gasteiger partial charge on any atom is 0.0721 e. The van der Waals surface area contributed by atoms with E-state index >= 15 is 0 Å². The molecule has 0 amide bonds. The highest BCUT2D eigenvalue weighted by molar-refractivity contribution is 5.55. The molecule has 1 fully saturated rings. The standard InChI is InChI=1S/C12H19N3O/c1-10-9-15(4-3-5-16-10)12-6-11(13-2)7-14-8-12/h6-8,10,13H,3-5,9H2,1-2H3. The van der Waals surface area contributed by atoms with Crippen LogP contribution >= 0.6 is 0 Å². The monoisotopic (exact) mass is 221 g/mol. The molecule has 0 aliphatic carbocycles. The van der Waals surface area contributed by atoms with E-state index in [1.54, 1.807) is 0 Å². The van der Waals surface area contributed by atoms with Crippen molar-refractivity contribution < 1.29 is 4.74 Å². The van der Waals surface area contributed by atoms with E-state index in [1.807, 2.05) is 19.4 Å². The topological polar surface area (TPSA) is 37.4 Å². The summed E-state index contributed by atoms with van der Waals surface area (Å²) < 4.78 is 5.63. The maximum absolute atomic E-state index is 5.63. The van der Waals surface area contributed by atoms with E-state index in [0.717, 1.165) is 31.8 Å². The molecule has 0 bridgehead atoms. The van der Waals surface area contributed by atoms with Gasteiger partial charge in [-0.1, -0.05) is 0 Å². The van der Waals surface area contributed by atoms with Gasteiger partial charge in [-0.05, 0) is 19.4 Å². The predicted molar refractivity (Wildman–Crippen MR) is 66.0 cm³/mol. The quantitative estimate of drug-likeness (QED) is 0.825. The van der Waals surface area contributed by atoms with Gasteiger partial charge in [-0.2, -0.15) is 0 Å². The number of aromatic nitrogens is 1. The van der Waals surface area contributed by atoms with E-state index in [9.17, 15) is 0 Å². The van der Waals surface area contributed by atoms with Crippen molar-refractivity contribution >= 4 is 11.4 Å². The Morgan fingerprint density at radius 1 is 1.50 bits per heavy atom. The molecule has 0 saturated carbocycles. The highest BCUT2D eigenvalue weighted by Crippen LogP contribution is 2.19. The summed E-state index contributed by atoms with van der Waals surface area (Å²) in [4.78, 5) is 6.58. The van der Waals surface area contributed by atoms with Crippen molar-refractivity contribution in [2.45, 2.75) is 19.4 Å². The van der Waals surface area contributed by atoms with Crippen molar-refractivity contribution in [2.75, 3.05) is 37.0 Å². The summed E-state index contributed by atoms with van der Waals surface area (Å²) >= 11 is 0. The minimum atomic E-state index is 0.292. The molecule has 2 heterocycles. The van der Waals surface area contributed by atoms with Crippen molar-refractivity contribution in [1.82, 2.24) is 4.98 Å². The summed E-state index contributed by atoms with van der Waals surface area (Å²) in [6.07, 6.45) is 5.12. The Kier molecular flexibility index (Phi) is 3.62. The maximum atomic E-state index is 5.63. The fourth-order valence-corrected chi connectivity index (χ4v) is 1.97. The van der Waals surface area contributed by atoms with Gasteiger partial charge in [-0.15, -0.1) is 0 Å². The smallest absolute Gasteiger partial charge is 0.0721 e. The zero-order chi connectivity index (χ0) is 11.4. The average Bonchev–Trinajstić information content (AvgIpc) is 2.54. The van der Waals surface area contributed by atoms with E-state index in [2.05, 4.69) is 28.2 Å². The molecular weight excluding hydrogens is 202 g/mol. The van der Waals surface area contributed by atoms with E-state index in [1.165, 1.54) is 5.69 Å². The largest absolute Gasteiger partial charge is 0.387 e. The van der Waals surface area contributed by atoms with Crippen molar-refractivity contribution in [3.63, 3.8) is 0 Å². The van der Waals surface area contributed by atoms with Crippen molar-refractivity contribution in [2.24, 2.45) is 0 Å². The minimum Gasteiger partial charge on any atom is -0.387 e. The third-order valence-corrected chi connectivity index (χ3v) is 2.83. The fourth-order valence-electron chi connectivity index (χ4n) is 1.97. The lowest BCUT2D eigenvalue weighted by atomic mass is 10.3. The Balaban J connectivity index is 2.14. The third kappa shape index (κ3) is 2.64. The fraction of sp³-hybridized carbons (Fsp3) is 0.583. The molecule has 0 aromatic carbocycles. The van der Waals surface area contributed by atoms with Crippen LogP contribution in [0.2, 0.25) is 0 Å². The zero-order valence-electron chi connectivity index (χ0n) is 9.94. The molecule has 4 heteroatoms. The third-order valence-electron chi connectivity index (χ3n) is 2.83. The number of anilines is 2. The first-order valence-corrected chi connectivity index (χ1v) is 5.79. The molecule has 88 valence electrons. The lowest BCUT2D eigenvalue weighted by Gasteiger charge is -2.24. The van der Waals surface area contributed by atoms with Gasteiger partial charge in [0.05, 0.1) is 29.9 Å². The van der Waals surface area contributed by atoms with Crippen LogP contribution in [0.5, 0.6) is 0 Å². The second kappa shape index (κ2) is 5.16. The Hall–Kier alpha value is -1.29. The normalized spacial score (nSPS) is 21.6. The summed E-state index contributed by atoms with van der Waals surface area (Å²) in [6, 6.07) is 2.13. The van der Waals surface area contributed by atoms with Crippen molar-refractivity contribution in [1.29, 1.82) is 0 Å². The summed E-state index contributed by atoms with van der Waals surface area (Å²) in [6.45, 7) is 4.96. The second-order valence-corrected chi connectivity index (χ2v) is 4.16. The first-order chi connectivity index (χ1) is 7.79. The molecular formula is C12H19N3O. The van der Waals surface area contributed by atoms with Gasteiger partial charge in [0.2, 0.25) is 0 Å². The van der Waals surface area contributed by atoms with Gasteiger partial charge >= 0.3 is 0 Å². The van der Waals surface area contributed by atoms with Crippen molar-refractivity contribution in [3.8, 4) is 0 Å². The van der Waals surface area contributed by atoms with Crippen LogP contribution in [0.3, 0.4) is 0 Å². The van der Waals surface area contributed by atoms with Crippen LogP contribution < -0.4 is 10.2 Å². The molecule has 1 aliphatic heterocycles. The van der Waals surface area contributed by atoms with Gasteiger partial charge in [-0.3, -0.25) is 4.98 Å². The molecule has 2 rings (SSSR count). The SMILES string of the molecule is CNc1cncc(N2CCCOC(C)C2)c1. The van der Waals surface area contributed by atoms with Crippen LogP contribution in [0.25, 0.3) is 0 Å². The highest BCUT2D eigenvalue weighted by Gasteiger charge is 2.15. The van der Waals surface area contributed by atoms with Gasteiger partial charge in [-0.25, -0.2) is 0 Å². The molecule has 16 heavy (non-hydrogen) atoms. The van der Waals surface area contributed by atoms with Crippen LogP contribution in [-0.4, -0.2) is 37.8 Å². The van der Waals surface area contributed by atoms with Gasteiger partial charge in [0.15, 0.2) is 0 Å². The lowest BCUT2D eigenvalue weighted by Crippen LogP contribution is -2.30. The molecule has 1 unspecified atom stereocenters. The Labute approximate surface area is 96.6 Å². The van der Waals surface area contributed by atoms with E-state index in [4.69, 9.17) is 4.74 Å². The molecule has 0 spiro atoms. The number of rotatable bonds is 2. The summed E-state index contributed by atoms with van der Waals surface area (Å²) in [5.41, 5.74) is 2.22. The number of pyridine rings is 1. The van der Waals surface area contributed by atoms with Crippen LogP contribution in [0.4, 0.5) is 11.4 Å². The van der Waals surface area contributed by atoms with Gasteiger partial charge in [0.25, 0.3) is 0 Å². The molecule has 1 saturated heterocycles. The minimum absolute atomic E-state index is 0.292. The second-order valence-electron chi connectivity index (χ2n) is 4.16. The van der Waals surface area contributed by atoms with Gasteiger partial charge in [0, 0.05) is 26.7 Å². The summed E-state index contributed by atoms with van der Waals surface area (Å²) in [5, 5.41) is 3.11. The molecule has 4 nitrogen and oxygen atoms in total. The van der Waals surface area contributed by atoms with Crippen LogP contribution in [0, 0.1) is 0 Å². The summed E-state index contributed by atoms with van der Waals surface area (Å²) in [7, 11) is 1.91. The van der Waals surface area contributed by atoms with Gasteiger partial charge < -0.3 is 15.0 Å². The number of hydrogen-bond acceptors (Lipinski definition) is 4. The predicted octanol–water partition coefficient (Wildman–Crippen LogP) is 1.74. The Morgan fingerprint density at radius 3 is 3.19 bits per heavy atom. The number of nitrogens with zero attached hydrogens (tertiary/aromatic N) is 2. The Morgan fingerprint density at radius 2 is 2.38 bits per heavy atom.